The van der Waals surface area contributed by atoms with Gasteiger partial charge in [-0.3, -0.25) is 4.40 Å². The van der Waals surface area contributed by atoms with Crippen LogP contribution in [0.4, 0.5) is 5.82 Å². The zero-order valence-electron chi connectivity index (χ0n) is 10.9. The van der Waals surface area contributed by atoms with Crippen molar-refractivity contribution in [3.63, 3.8) is 0 Å². The van der Waals surface area contributed by atoms with Gasteiger partial charge in [-0.05, 0) is 12.3 Å². The molecule has 0 aromatic carbocycles. The first-order valence-electron chi connectivity index (χ1n) is 6.53. The molecule has 1 aliphatic carbocycles. The number of nitrogen functional groups attached to an aromatic ring is 1. The SMILES string of the molecule is NNc1nc2sccn2c1S(=O)(=O)NCCC1CCC1. The van der Waals surface area contributed by atoms with Crippen LogP contribution in [0.25, 0.3) is 4.96 Å². The molecule has 7 nitrogen and oxygen atoms in total. The van der Waals surface area contributed by atoms with Gasteiger partial charge in [0.2, 0.25) is 5.03 Å². The quantitative estimate of drug-likeness (QED) is 0.548. The Labute approximate surface area is 121 Å². The molecule has 2 heterocycles. The number of hydrogen-bond acceptors (Lipinski definition) is 6. The molecule has 0 spiro atoms. The van der Waals surface area contributed by atoms with E-state index in [2.05, 4.69) is 15.1 Å². The Balaban J connectivity index is 1.81. The van der Waals surface area contributed by atoms with Gasteiger partial charge in [-0.2, -0.15) is 4.98 Å². The Morgan fingerprint density at radius 1 is 1.50 bits per heavy atom. The molecule has 2 aromatic heterocycles. The van der Waals surface area contributed by atoms with Gasteiger partial charge in [0.15, 0.2) is 10.8 Å². The number of sulfonamides is 1. The molecule has 0 aliphatic heterocycles. The second kappa shape index (κ2) is 5.32. The normalized spacial score (nSPS) is 16.4. The van der Waals surface area contributed by atoms with E-state index in [1.54, 1.807) is 11.6 Å². The van der Waals surface area contributed by atoms with Crippen LogP contribution in [0, 0.1) is 5.92 Å². The van der Waals surface area contributed by atoms with Crippen LogP contribution >= 0.6 is 11.3 Å². The number of thiazole rings is 1. The van der Waals surface area contributed by atoms with Crippen LogP contribution in [0.3, 0.4) is 0 Å². The predicted molar refractivity (Wildman–Crippen MR) is 78.0 cm³/mol. The Hall–Kier alpha value is -1.16. The minimum Gasteiger partial charge on any atom is -0.306 e. The van der Waals surface area contributed by atoms with Gasteiger partial charge < -0.3 is 5.43 Å². The van der Waals surface area contributed by atoms with Crippen molar-refractivity contribution in [2.75, 3.05) is 12.0 Å². The van der Waals surface area contributed by atoms with Crippen molar-refractivity contribution in [3.05, 3.63) is 11.6 Å². The summed E-state index contributed by atoms with van der Waals surface area (Å²) in [7, 11) is -3.62. The van der Waals surface area contributed by atoms with Gasteiger partial charge in [0.05, 0.1) is 0 Å². The zero-order chi connectivity index (χ0) is 14.2. The van der Waals surface area contributed by atoms with Gasteiger partial charge in [-0.15, -0.1) is 11.3 Å². The summed E-state index contributed by atoms with van der Waals surface area (Å²) < 4.78 is 29.0. The standard InChI is InChI=1S/C11H17N5O2S2/c12-15-9-10(16-6-7-19-11(16)14-9)20(17,18)13-5-4-8-2-1-3-8/h6-8,13,15H,1-5,12H2. The highest BCUT2D eigenvalue weighted by molar-refractivity contribution is 7.89. The third-order valence-corrected chi connectivity index (χ3v) is 5.92. The van der Waals surface area contributed by atoms with E-state index in [0.717, 1.165) is 6.42 Å². The maximum absolute atomic E-state index is 12.4. The summed E-state index contributed by atoms with van der Waals surface area (Å²) in [4.78, 5) is 4.75. The van der Waals surface area contributed by atoms with Crippen molar-refractivity contribution in [2.45, 2.75) is 30.7 Å². The van der Waals surface area contributed by atoms with Gasteiger partial charge >= 0.3 is 0 Å². The summed E-state index contributed by atoms with van der Waals surface area (Å²) in [6.45, 7) is 0.453. The Morgan fingerprint density at radius 2 is 2.30 bits per heavy atom. The lowest BCUT2D eigenvalue weighted by Gasteiger charge is -2.25. The van der Waals surface area contributed by atoms with Crippen LogP contribution in [0.1, 0.15) is 25.7 Å². The lowest BCUT2D eigenvalue weighted by atomic mass is 9.83. The Bertz CT molecular complexity index is 702. The van der Waals surface area contributed by atoms with Crippen molar-refractivity contribution in [3.8, 4) is 0 Å². The van der Waals surface area contributed by atoms with E-state index in [0.29, 0.717) is 17.4 Å². The minimum atomic E-state index is -3.62. The number of anilines is 1. The van der Waals surface area contributed by atoms with Crippen LogP contribution in [0.2, 0.25) is 0 Å². The first-order valence-corrected chi connectivity index (χ1v) is 8.90. The number of imidazole rings is 1. The maximum atomic E-state index is 12.4. The molecule has 110 valence electrons. The molecule has 0 atom stereocenters. The molecule has 9 heteroatoms. The largest absolute Gasteiger partial charge is 0.306 e. The summed E-state index contributed by atoms with van der Waals surface area (Å²) in [5.41, 5.74) is 2.35. The van der Waals surface area contributed by atoms with Crippen LogP contribution < -0.4 is 16.0 Å². The molecule has 3 rings (SSSR count). The average molecular weight is 315 g/mol. The van der Waals surface area contributed by atoms with Crippen LogP contribution in [0.15, 0.2) is 16.6 Å². The van der Waals surface area contributed by atoms with Crippen molar-refractivity contribution in [1.82, 2.24) is 14.1 Å². The van der Waals surface area contributed by atoms with Gasteiger partial charge in [0.1, 0.15) is 0 Å². The smallest absolute Gasteiger partial charge is 0.260 e. The number of hydrogen-bond donors (Lipinski definition) is 3. The first-order chi connectivity index (χ1) is 9.62. The molecular formula is C11H17N5O2S2. The highest BCUT2D eigenvalue weighted by Gasteiger charge is 2.26. The molecular weight excluding hydrogens is 298 g/mol. The van der Waals surface area contributed by atoms with Crippen molar-refractivity contribution >= 4 is 32.1 Å². The highest BCUT2D eigenvalue weighted by Crippen LogP contribution is 2.29. The third-order valence-electron chi connectivity index (χ3n) is 3.68. The lowest BCUT2D eigenvalue weighted by molar-refractivity contribution is 0.297. The molecule has 0 radical (unpaired) electrons. The second-order valence-electron chi connectivity index (χ2n) is 4.95. The van der Waals surface area contributed by atoms with Crippen molar-refractivity contribution < 1.29 is 8.42 Å². The van der Waals surface area contributed by atoms with E-state index in [1.165, 1.54) is 35.0 Å². The first kappa shape index (κ1) is 13.8. The second-order valence-corrected chi connectivity index (χ2v) is 7.50. The van der Waals surface area contributed by atoms with Crippen molar-refractivity contribution in [1.29, 1.82) is 0 Å². The summed E-state index contributed by atoms with van der Waals surface area (Å²) in [5, 5.41) is 1.86. The Morgan fingerprint density at radius 3 is 2.95 bits per heavy atom. The van der Waals surface area contributed by atoms with E-state index in [-0.39, 0.29) is 10.8 Å². The lowest BCUT2D eigenvalue weighted by Crippen LogP contribution is -2.29. The van der Waals surface area contributed by atoms with Gasteiger partial charge in [0.25, 0.3) is 10.0 Å². The van der Waals surface area contributed by atoms with Gasteiger partial charge in [-0.1, -0.05) is 19.3 Å². The molecule has 0 bridgehead atoms. The van der Waals surface area contributed by atoms with E-state index in [1.807, 2.05) is 0 Å². The fraction of sp³-hybridized carbons (Fsp3) is 0.545. The van der Waals surface area contributed by atoms with Crippen LogP contribution in [-0.4, -0.2) is 24.3 Å². The molecule has 1 fully saturated rings. The molecule has 20 heavy (non-hydrogen) atoms. The monoisotopic (exact) mass is 315 g/mol. The summed E-state index contributed by atoms with van der Waals surface area (Å²) in [5.74, 6) is 6.20. The topological polar surface area (TPSA) is 102 Å². The van der Waals surface area contributed by atoms with E-state index in [4.69, 9.17) is 5.84 Å². The van der Waals surface area contributed by atoms with Crippen LogP contribution in [-0.2, 0) is 10.0 Å². The maximum Gasteiger partial charge on any atom is 0.260 e. The highest BCUT2D eigenvalue weighted by atomic mass is 32.2. The molecule has 4 N–H and O–H groups in total. The van der Waals surface area contributed by atoms with Gasteiger partial charge in [-0.25, -0.2) is 19.0 Å². The van der Waals surface area contributed by atoms with E-state index >= 15 is 0 Å². The molecule has 0 unspecified atom stereocenters. The number of nitrogens with one attached hydrogen (secondary N) is 2. The summed E-state index contributed by atoms with van der Waals surface area (Å²) in [6, 6.07) is 0. The average Bonchev–Trinajstić information content (AvgIpc) is 2.91. The fourth-order valence-electron chi connectivity index (χ4n) is 2.36. The summed E-state index contributed by atoms with van der Waals surface area (Å²) >= 11 is 1.36. The number of aromatic nitrogens is 2. The number of hydrazine groups is 1. The number of rotatable bonds is 6. The van der Waals surface area contributed by atoms with E-state index < -0.39 is 10.0 Å². The van der Waals surface area contributed by atoms with Crippen LogP contribution in [0.5, 0.6) is 0 Å². The van der Waals surface area contributed by atoms with E-state index in [9.17, 15) is 8.42 Å². The molecule has 0 amide bonds. The molecule has 1 saturated carbocycles. The number of fused-ring (bicyclic) bond motifs is 1. The zero-order valence-corrected chi connectivity index (χ0v) is 12.5. The number of nitrogens with zero attached hydrogens (tertiary/aromatic N) is 2. The number of nitrogens with two attached hydrogens (primary N) is 1. The third kappa shape index (κ3) is 2.41. The van der Waals surface area contributed by atoms with Crippen molar-refractivity contribution in [2.24, 2.45) is 11.8 Å². The minimum absolute atomic E-state index is 0.0739. The predicted octanol–water partition coefficient (Wildman–Crippen LogP) is 1.15. The molecule has 2 aromatic rings. The summed E-state index contributed by atoms with van der Waals surface area (Å²) in [6.07, 6.45) is 6.24. The Kier molecular flexibility index (Phi) is 3.67. The van der Waals surface area contributed by atoms with Gasteiger partial charge in [0, 0.05) is 18.1 Å². The molecule has 0 saturated heterocycles. The fourth-order valence-corrected chi connectivity index (χ4v) is 4.42. The molecule has 1 aliphatic rings.